The Hall–Kier alpha value is -3.48. The minimum atomic E-state index is -0.817. The van der Waals surface area contributed by atoms with Gasteiger partial charge in [-0.25, -0.2) is 0 Å². The van der Waals surface area contributed by atoms with Crippen molar-refractivity contribution in [3.8, 4) is 0 Å². The molecule has 334 valence electrons. The lowest BCUT2D eigenvalue weighted by molar-refractivity contribution is -0.151. The molecule has 0 radical (unpaired) electrons. The van der Waals surface area contributed by atoms with E-state index in [1.165, 1.54) is 57.8 Å². The molecule has 3 N–H and O–H groups in total. The summed E-state index contributed by atoms with van der Waals surface area (Å²) in [6, 6.07) is -0.736. The second-order valence-corrected chi connectivity index (χ2v) is 15.6. The van der Waals surface area contributed by atoms with Crippen molar-refractivity contribution >= 4 is 11.9 Å². The van der Waals surface area contributed by atoms with Crippen LogP contribution in [0.2, 0.25) is 0 Å². The van der Waals surface area contributed by atoms with Gasteiger partial charge in [-0.1, -0.05) is 226 Å². The fourth-order valence-electron chi connectivity index (χ4n) is 6.52. The van der Waals surface area contributed by atoms with Crippen molar-refractivity contribution in [1.29, 1.82) is 0 Å². The summed E-state index contributed by atoms with van der Waals surface area (Å²) in [5.74, 6) is -0.586. The lowest BCUT2D eigenvalue weighted by Gasteiger charge is -2.24. The third kappa shape index (κ3) is 41.1. The Labute approximate surface area is 362 Å². The van der Waals surface area contributed by atoms with Gasteiger partial charge in [0.05, 0.1) is 25.2 Å². The summed E-state index contributed by atoms with van der Waals surface area (Å²) in [6.45, 7) is 6.15. The molecule has 0 saturated heterocycles. The molecule has 0 bridgehead atoms. The molecule has 0 aromatic carbocycles. The SMILES string of the molecule is CC\C=C/C=C/C=C/C=C\C=C\C=C\CCCC(CC(=O)NC(CO)C(O)CCCCCCCCCCCCCC)OC(=O)CCCCCCC\C=C/C=C/C=C/CC. The summed E-state index contributed by atoms with van der Waals surface area (Å²) in [5.41, 5.74) is 0. The van der Waals surface area contributed by atoms with Gasteiger partial charge < -0.3 is 20.3 Å². The van der Waals surface area contributed by atoms with Crippen LogP contribution in [0.5, 0.6) is 0 Å². The smallest absolute Gasteiger partial charge is 0.306 e. The number of aliphatic hydroxyl groups is 2. The first-order valence-corrected chi connectivity index (χ1v) is 23.7. The predicted octanol–water partition coefficient (Wildman–Crippen LogP) is 13.9. The summed E-state index contributed by atoms with van der Waals surface area (Å²) in [4.78, 5) is 26.0. The molecule has 0 fully saturated rings. The third-order valence-corrected chi connectivity index (χ3v) is 10.1. The molecule has 59 heavy (non-hydrogen) atoms. The number of aliphatic hydroxyl groups excluding tert-OH is 2. The highest BCUT2D eigenvalue weighted by atomic mass is 16.5. The van der Waals surface area contributed by atoms with Crippen LogP contribution in [0.3, 0.4) is 0 Å². The van der Waals surface area contributed by atoms with E-state index >= 15 is 0 Å². The van der Waals surface area contributed by atoms with Crippen LogP contribution < -0.4 is 5.32 Å². The van der Waals surface area contributed by atoms with Crippen LogP contribution in [0.25, 0.3) is 0 Å². The molecule has 3 atom stereocenters. The van der Waals surface area contributed by atoms with Crippen molar-refractivity contribution in [3.05, 3.63) is 109 Å². The summed E-state index contributed by atoms with van der Waals surface area (Å²) >= 11 is 0. The topological polar surface area (TPSA) is 95.9 Å². The number of hydrogen-bond donors (Lipinski definition) is 3. The number of amides is 1. The maximum atomic E-state index is 13.2. The first kappa shape index (κ1) is 55.5. The van der Waals surface area contributed by atoms with Crippen molar-refractivity contribution in [2.24, 2.45) is 0 Å². The van der Waals surface area contributed by atoms with E-state index in [2.05, 4.69) is 74.7 Å². The average Bonchev–Trinajstić information content (AvgIpc) is 3.23. The fourth-order valence-corrected chi connectivity index (χ4v) is 6.52. The van der Waals surface area contributed by atoms with Gasteiger partial charge in [0.15, 0.2) is 0 Å². The van der Waals surface area contributed by atoms with E-state index in [0.29, 0.717) is 19.3 Å². The molecule has 3 unspecified atom stereocenters. The minimum absolute atomic E-state index is 0.0111. The van der Waals surface area contributed by atoms with E-state index in [0.717, 1.165) is 83.5 Å². The van der Waals surface area contributed by atoms with Crippen LogP contribution >= 0.6 is 0 Å². The number of carbonyl (C=O) groups excluding carboxylic acids is 2. The number of hydrogen-bond acceptors (Lipinski definition) is 5. The standard InChI is InChI=1S/C53H87NO5/c1-4-7-10-13-16-19-22-25-26-28-29-32-35-38-41-44-49(59-53(58)46-43-40-37-34-31-27-23-20-17-14-11-8-5-2)47-52(57)54-50(48-55)51(56)45-42-39-36-33-30-24-21-18-15-12-9-6-3/h7-8,10-11,13-14,16-17,19-20,22-23,25-26,28-29,32,35,49-51,55-56H,4-6,9,12,15,18,21,24,27,30-31,33-34,36-48H2,1-3H3,(H,54,57)/b10-7-,11-8+,16-13+,17-14+,22-19+,23-20-,26-25-,29-28+,35-32+. The monoisotopic (exact) mass is 818 g/mol. The minimum Gasteiger partial charge on any atom is -0.462 e. The van der Waals surface area contributed by atoms with E-state index in [4.69, 9.17) is 4.74 Å². The van der Waals surface area contributed by atoms with Crippen molar-refractivity contribution in [1.82, 2.24) is 5.32 Å². The fraction of sp³-hybridized carbons (Fsp3) is 0.623. The second-order valence-electron chi connectivity index (χ2n) is 15.6. The molecule has 0 heterocycles. The molecule has 0 rings (SSSR count). The highest BCUT2D eigenvalue weighted by Crippen LogP contribution is 2.16. The number of ether oxygens (including phenoxy) is 1. The Balaban J connectivity index is 4.81. The average molecular weight is 818 g/mol. The van der Waals surface area contributed by atoms with Crippen molar-refractivity contribution in [2.75, 3.05) is 6.61 Å². The number of carbonyl (C=O) groups is 2. The maximum Gasteiger partial charge on any atom is 0.306 e. The number of rotatable bonds is 40. The lowest BCUT2D eigenvalue weighted by atomic mass is 10.0. The summed E-state index contributed by atoms with van der Waals surface area (Å²) in [6.07, 6.45) is 61.4. The molecule has 0 saturated carbocycles. The van der Waals surface area contributed by atoms with Crippen molar-refractivity contribution < 1.29 is 24.5 Å². The van der Waals surface area contributed by atoms with Crippen LogP contribution in [0, 0.1) is 0 Å². The molecular weight excluding hydrogens is 731 g/mol. The largest absolute Gasteiger partial charge is 0.462 e. The quantitative estimate of drug-likeness (QED) is 0.0325. The number of unbranched alkanes of at least 4 members (excludes halogenated alkanes) is 17. The molecular formula is C53H87NO5. The van der Waals surface area contributed by atoms with Gasteiger partial charge >= 0.3 is 5.97 Å². The summed E-state index contributed by atoms with van der Waals surface area (Å²) < 4.78 is 5.86. The van der Waals surface area contributed by atoms with E-state index in [1.54, 1.807) is 0 Å². The van der Waals surface area contributed by atoms with Crippen molar-refractivity contribution in [2.45, 2.75) is 206 Å². The molecule has 0 aromatic rings. The van der Waals surface area contributed by atoms with E-state index in [1.807, 2.05) is 60.8 Å². The van der Waals surface area contributed by atoms with Gasteiger partial charge in [-0.05, 0) is 57.8 Å². The van der Waals surface area contributed by atoms with Gasteiger partial charge in [0.2, 0.25) is 5.91 Å². The van der Waals surface area contributed by atoms with E-state index in [-0.39, 0.29) is 24.9 Å². The van der Waals surface area contributed by atoms with Crippen molar-refractivity contribution in [3.63, 3.8) is 0 Å². The predicted molar refractivity (Wildman–Crippen MR) is 254 cm³/mol. The Morgan fingerprint density at radius 3 is 1.42 bits per heavy atom. The highest BCUT2D eigenvalue weighted by molar-refractivity contribution is 5.77. The first-order valence-electron chi connectivity index (χ1n) is 23.7. The van der Waals surface area contributed by atoms with E-state index in [9.17, 15) is 19.8 Å². The van der Waals surface area contributed by atoms with Gasteiger partial charge in [0, 0.05) is 6.42 Å². The molecule has 0 aliphatic rings. The molecule has 1 amide bonds. The van der Waals surface area contributed by atoms with Gasteiger partial charge in [-0.15, -0.1) is 0 Å². The number of allylic oxidation sites excluding steroid dienone is 18. The molecule has 0 spiro atoms. The zero-order chi connectivity index (χ0) is 43.1. The van der Waals surface area contributed by atoms with Gasteiger partial charge in [-0.2, -0.15) is 0 Å². The van der Waals surface area contributed by atoms with Gasteiger partial charge in [-0.3, -0.25) is 9.59 Å². The molecule has 0 aliphatic heterocycles. The maximum absolute atomic E-state index is 13.2. The van der Waals surface area contributed by atoms with Gasteiger partial charge in [0.25, 0.3) is 0 Å². The Morgan fingerprint density at radius 1 is 0.508 bits per heavy atom. The van der Waals surface area contributed by atoms with E-state index < -0.39 is 18.2 Å². The summed E-state index contributed by atoms with van der Waals surface area (Å²) in [5, 5.41) is 23.7. The number of esters is 1. The zero-order valence-electron chi connectivity index (χ0n) is 37.8. The molecule has 6 heteroatoms. The van der Waals surface area contributed by atoms with Gasteiger partial charge in [0.1, 0.15) is 6.10 Å². The van der Waals surface area contributed by atoms with Crippen LogP contribution in [0.4, 0.5) is 0 Å². The zero-order valence-corrected chi connectivity index (χ0v) is 37.8. The lowest BCUT2D eigenvalue weighted by Crippen LogP contribution is -2.46. The van der Waals surface area contributed by atoms with Crippen LogP contribution in [-0.4, -0.2) is 46.9 Å². The summed E-state index contributed by atoms with van der Waals surface area (Å²) in [7, 11) is 0. The van der Waals surface area contributed by atoms with Crippen LogP contribution in [-0.2, 0) is 14.3 Å². The molecule has 0 aliphatic carbocycles. The first-order chi connectivity index (χ1) is 29.0. The van der Waals surface area contributed by atoms with Crippen LogP contribution in [0.15, 0.2) is 109 Å². The van der Waals surface area contributed by atoms with Crippen LogP contribution in [0.1, 0.15) is 188 Å². The Kier molecular flexibility index (Phi) is 42.9. The number of nitrogens with one attached hydrogen (secondary N) is 1. The molecule has 6 nitrogen and oxygen atoms in total. The molecule has 0 aromatic heterocycles. The highest BCUT2D eigenvalue weighted by Gasteiger charge is 2.24. The Morgan fingerprint density at radius 2 is 0.932 bits per heavy atom. The third-order valence-electron chi connectivity index (χ3n) is 10.1. The Bertz CT molecular complexity index is 1240. The second kappa shape index (κ2) is 45.6. The normalized spacial score (nSPS) is 14.3.